The molecule has 4 unspecified atom stereocenters. The van der Waals surface area contributed by atoms with Crippen molar-refractivity contribution >= 4 is 18.2 Å². The molecule has 0 aromatic carbocycles. The zero-order chi connectivity index (χ0) is 18.6. The van der Waals surface area contributed by atoms with Crippen LogP contribution < -0.4 is 0 Å². The fourth-order valence-electron chi connectivity index (χ4n) is 1.70. The maximum absolute atomic E-state index is 10.5. The van der Waals surface area contributed by atoms with Gasteiger partial charge in [-0.1, -0.05) is 26.7 Å². The zero-order valence-corrected chi connectivity index (χ0v) is 13.2. The van der Waals surface area contributed by atoms with Gasteiger partial charge in [-0.25, -0.2) is 4.79 Å². The SMILES string of the molecule is CCCC(CCC)C(=O)O.O=CC(O)C(O)C(O)C(O)C(=O)O. The van der Waals surface area contributed by atoms with E-state index in [2.05, 4.69) is 0 Å². The molecule has 0 aliphatic heterocycles. The van der Waals surface area contributed by atoms with E-state index in [1.807, 2.05) is 13.8 Å². The van der Waals surface area contributed by atoms with Crippen molar-refractivity contribution in [3.05, 3.63) is 0 Å². The lowest BCUT2D eigenvalue weighted by molar-refractivity contribution is -0.163. The maximum atomic E-state index is 10.5. The van der Waals surface area contributed by atoms with Gasteiger partial charge in [-0.15, -0.1) is 0 Å². The van der Waals surface area contributed by atoms with E-state index in [-0.39, 0.29) is 12.2 Å². The van der Waals surface area contributed by atoms with Crippen molar-refractivity contribution in [3.8, 4) is 0 Å². The predicted molar refractivity (Wildman–Crippen MR) is 78.7 cm³/mol. The van der Waals surface area contributed by atoms with E-state index in [0.717, 1.165) is 25.7 Å². The summed E-state index contributed by atoms with van der Waals surface area (Å²) < 4.78 is 0. The molecule has 0 aromatic rings. The largest absolute Gasteiger partial charge is 0.481 e. The van der Waals surface area contributed by atoms with Crippen LogP contribution in [0, 0.1) is 5.92 Å². The highest BCUT2D eigenvalue weighted by Crippen LogP contribution is 2.12. The number of hydrogen-bond donors (Lipinski definition) is 6. The van der Waals surface area contributed by atoms with Crippen molar-refractivity contribution in [3.63, 3.8) is 0 Å². The van der Waals surface area contributed by atoms with Crippen molar-refractivity contribution in [2.24, 2.45) is 5.92 Å². The molecule has 23 heavy (non-hydrogen) atoms. The van der Waals surface area contributed by atoms with Crippen LogP contribution in [0.5, 0.6) is 0 Å². The van der Waals surface area contributed by atoms with E-state index in [4.69, 9.17) is 30.6 Å². The molecule has 0 amide bonds. The number of carboxylic acid groups (broad SMARTS) is 2. The fraction of sp³-hybridized carbons (Fsp3) is 0.786. The number of carbonyl (C=O) groups is 3. The highest BCUT2D eigenvalue weighted by molar-refractivity contribution is 5.73. The number of aliphatic hydroxyl groups excluding tert-OH is 4. The van der Waals surface area contributed by atoms with Crippen LogP contribution in [-0.2, 0) is 14.4 Å². The molecule has 0 spiro atoms. The number of rotatable bonds is 10. The van der Waals surface area contributed by atoms with Gasteiger partial charge >= 0.3 is 11.9 Å². The molecule has 9 nitrogen and oxygen atoms in total. The van der Waals surface area contributed by atoms with Gasteiger partial charge in [0.25, 0.3) is 0 Å². The van der Waals surface area contributed by atoms with Gasteiger partial charge in [0.2, 0.25) is 0 Å². The van der Waals surface area contributed by atoms with Crippen molar-refractivity contribution in [2.75, 3.05) is 0 Å². The van der Waals surface area contributed by atoms with E-state index in [1.165, 1.54) is 0 Å². The van der Waals surface area contributed by atoms with Gasteiger partial charge in [-0.05, 0) is 12.8 Å². The lowest BCUT2D eigenvalue weighted by Gasteiger charge is -2.21. The van der Waals surface area contributed by atoms with Crippen LogP contribution in [-0.4, -0.2) is 73.3 Å². The standard InChI is InChI=1S/C8H16O2.C6H10O7/c1-3-5-7(6-4-2)8(9)10;7-1-2(8)3(9)4(10)5(11)6(12)13/h7H,3-6H2,1-2H3,(H,9,10);1-5,8-11H,(H,12,13). The van der Waals surface area contributed by atoms with Gasteiger partial charge in [0.15, 0.2) is 12.4 Å². The van der Waals surface area contributed by atoms with E-state index >= 15 is 0 Å². The third kappa shape index (κ3) is 9.95. The molecule has 0 saturated carbocycles. The molecule has 0 rings (SSSR count). The van der Waals surface area contributed by atoms with Crippen molar-refractivity contribution in [2.45, 2.75) is 63.9 Å². The van der Waals surface area contributed by atoms with Gasteiger partial charge in [-0.3, -0.25) is 4.79 Å². The fourth-order valence-corrected chi connectivity index (χ4v) is 1.70. The second-order valence-corrected chi connectivity index (χ2v) is 5.00. The van der Waals surface area contributed by atoms with Crippen LogP contribution in [0.4, 0.5) is 0 Å². The molecule has 9 heteroatoms. The number of aliphatic hydroxyl groups is 4. The molecule has 0 aliphatic rings. The van der Waals surface area contributed by atoms with Crippen LogP contribution >= 0.6 is 0 Å². The van der Waals surface area contributed by atoms with Gasteiger partial charge in [0, 0.05) is 0 Å². The minimum atomic E-state index is -2.25. The minimum absolute atomic E-state index is 0.0809. The average molecular weight is 338 g/mol. The zero-order valence-electron chi connectivity index (χ0n) is 13.2. The Labute approximate surface area is 134 Å². The van der Waals surface area contributed by atoms with Gasteiger partial charge < -0.3 is 35.4 Å². The Morgan fingerprint density at radius 3 is 1.57 bits per heavy atom. The van der Waals surface area contributed by atoms with Crippen molar-refractivity contribution in [1.82, 2.24) is 0 Å². The molecule has 0 heterocycles. The molecular weight excluding hydrogens is 312 g/mol. The summed E-state index contributed by atoms with van der Waals surface area (Å²) in [6, 6.07) is 0. The summed E-state index contributed by atoms with van der Waals surface area (Å²) in [7, 11) is 0. The summed E-state index contributed by atoms with van der Waals surface area (Å²) in [5.74, 6) is -2.50. The Hall–Kier alpha value is -1.55. The first kappa shape index (κ1) is 23.7. The van der Waals surface area contributed by atoms with Crippen LogP contribution in [0.25, 0.3) is 0 Å². The first-order valence-corrected chi connectivity index (χ1v) is 7.27. The lowest BCUT2D eigenvalue weighted by atomic mass is 9.99. The second-order valence-electron chi connectivity index (χ2n) is 5.00. The summed E-state index contributed by atoms with van der Waals surface area (Å²) in [6.45, 7) is 4.04. The van der Waals surface area contributed by atoms with E-state index in [1.54, 1.807) is 0 Å². The molecule has 136 valence electrons. The Morgan fingerprint density at radius 1 is 0.870 bits per heavy atom. The highest BCUT2D eigenvalue weighted by Gasteiger charge is 2.34. The molecule has 4 atom stereocenters. The third-order valence-electron chi connectivity index (χ3n) is 3.04. The Balaban J connectivity index is 0. The summed E-state index contributed by atoms with van der Waals surface area (Å²) in [4.78, 5) is 30.4. The number of aldehydes is 1. The van der Waals surface area contributed by atoms with Gasteiger partial charge in [0.05, 0.1) is 5.92 Å². The second kappa shape index (κ2) is 12.9. The predicted octanol–water partition coefficient (Wildman–Crippen LogP) is -0.999. The Kier molecular flexibility index (Phi) is 13.3. The lowest BCUT2D eigenvalue weighted by Crippen LogP contribution is -2.48. The number of aliphatic carboxylic acids is 2. The van der Waals surface area contributed by atoms with Crippen LogP contribution in [0.3, 0.4) is 0 Å². The summed E-state index contributed by atoms with van der Waals surface area (Å²) in [5.41, 5.74) is 0. The quantitative estimate of drug-likeness (QED) is 0.273. The average Bonchev–Trinajstić information content (AvgIpc) is 2.52. The normalized spacial score (nSPS) is 15.8. The molecule has 0 radical (unpaired) electrons. The van der Waals surface area contributed by atoms with E-state index < -0.39 is 36.4 Å². The molecular formula is C14H26O9. The van der Waals surface area contributed by atoms with Crippen LogP contribution in [0.15, 0.2) is 0 Å². The third-order valence-corrected chi connectivity index (χ3v) is 3.04. The molecule has 0 bridgehead atoms. The van der Waals surface area contributed by atoms with Crippen molar-refractivity contribution in [1.29, 1.82) is 0 Å². The monoisotopic (exact) mass is 338 g/mol. The van der Waals surface area contributed by atoms with Gasteiger partial charge in [0.1, 0.15) is 18.3 Å². The first-order chi connectivity index (χ1) is 10.6. The first-order valence-electron chi connectivity index (χ1n) is 7.27. The number of hydrogen-bond acceptors (Lipinski definition) is 7. The molecule has 0 aliphatic carbocycles. The molecule has 0 aromatic heterocycles. The van der Waals surface area contributed by atoms with Crippen LogP contribution in [0.2, 0.25) is 0 Å². The van der Waals surface area contributed by atoms with Crippen LogP contribution in [0.1, 0.15) is 39.5 Å². The van der Waals surface area contributed by atoms with E-state index in [9.17, 15) is 14.4 Å². The minimum Gasteiger partial charge on any atom is -0.481 e. The number of carbonyl (C=O) groups excluding carboxylic acids is 1. The highest BCUT2D eigenvalue weighted by atomic mass is 16.4. The maximum Gasteiger partial charge on any atom is 0.335 e. The van der Waals surface area contributed by atoms with Gasteiger partial charge in [-0.2, -0.15) is 0 Å². The van der Waals surface area contributed by atoms with E-state index in [0.29, 0.717) is 0 Å². The summed E-state index contributed by atoms with van der Waals surface area (Å²) >= 11 is 0. The summed E-state index contributed by atoms with van der Waals surface area (Å²) in [6.07, 6.45) is -4.81. The molecule has 0 fully saturated rings. The summed E-state index contributed by atoms with van der Waals surface area (Å²) in [5, 5.41) is 51.8. The Morgan fingerprint density at radius 2 is 1.30 bits per heavy atom. The molecule has 0 saturated heterocycles. The number of carboxylic acids is 2. The Bertz CT molecular complexity index is 352. The smallest absolute Gasteiger partial charge is 0.335 e. The molecule has 6 N–H and O–H groups in total. The topological polar surface area (TPSA) is 173 Å². The van der Waals surface area contributed by atoms with Crippen molar-refractivity contribution < 1.29 is 45.0 Å².